The third-order valence-electron chi connectivity index (χ3n) is 4.49. The number of fused-ring (bicyclic) bond motifs is 1. The van der Waals surface area contributed by atoms with Gasteiger partial charge in [0, 0.05) is 19.2 Å². The van der Waals surface area contributed by atoms with Crippen molar-refractivity contribution in [2.75, 3.05) is 6.54 Å². The maximum atomic E-state index is 4.67. The van der Waals surface area contributed by atoms with Crippen LogP contribution >= 0.6 is 0 Å². The van der Waals surface area contributed by atoms with Crippen LogP contribution in [-0.2, 0) is 13.5 Å². The third-order valence-corrected chi connectivity index (χ3v) is 4.49. The summed E-state index contributed by atoms with van der Waals surface area (Å²) in [5.74, 6) is 0.538. The van der Waals surface area contributed by atoms with E-state index in [0.29, 0.717) is 12.0 Å². The topological polar surface area (TPSA) is 29.9 Å². The minimum atomic E-state index is 0.326. The van der Waals surface area contributed by atoms with E-state index in [4.69, 9.17) is 0 Å². The van der Waals surface area contributed by atoms with Gasteiger partial charge in [-0.15, -0.1) is 0 Å². The van der Waals surface area contributed by atoms with E-state index < -0.39 is 0 Å². The van der Waals surface area contributed by atoms with Gasteiger partial charge in [0.2, 0.25) is 0 Å². The second-order valence-corrected chi connectivity index (χ2v) is 6.04. The number of hydrogen-bond donors (Lipinski definition) is 1. The zero-order chi connectivity index (χ0) is 14.7. The molecule has 0 spiro atoms. The Morgan fingerprint density at radius 1 is 1.33 bits per heavy atom. The summed E-state index contributed by atoms with van der Waals surface area (Å²) in [7, 11) is 2.00. The summed E-state index contributed by atoms with van der Waals surface area (Å²) in [4.78, 5) is 0. The molecule has 112 valence electrons. The first-order valence-electron chi connectivity index (χ1n) is 8.10. The molecule has 3 heteroatoms. The van der Waals surface area contributed by atoms with E-state index >= 15 is 0 Å². The van der Waals surface area contributed by atoms with Gasteiger partial charge in [-0.05, 0) is 49.4 Å². The van der Waals surface area contributed by atoms with Crippen molar-refractivity contribution >= 4 is 0 Å². The van der Waals surface area contributed by atoms with E-state index in [9.17, 15) is 0 Å². The number of aryl methyl sites for hydroxylation is 2. The van der Waals surface area contributed by atoms with Crippen molar-refractivity contribution in [1.29, 1.82) is 0 Å². The Labute approximate surface area is 127 Å². The molecule has 0 saturated heterocycles. The molecule has 0 radical (unpaired) electrons. The van der Waals surface area contributed by atoms with E-state index in [2.05, 4.69) is 47.7 Å². The molecule has 1 N–H and O–H groups in total. The Balaban J connectivity index is 1.93. The Morgan fingerprint density at radius 3 is 2.95 bits per heavy atom. The van der Waals surface area contributed by atoms with Crippen LogP contribution < -0.4 is 5.32 Å². The molecule has 0 aliphatic heterocycles. The fraction of sp³-hybridized carbons (Fsp3) is 0.500. The van der Waals surface area contributed by atoms with Gasteiger partial charge in [-0.25, -0.2) is 0 Å². The highest BCUT2D eigenvalue weighted by Gasteiger charge is 2.29. The van der Waals surface area contributed by atoms with Crippen LogP contribution in [0.2, 0.25) is 0 Å². The van der Waals surface area contributed by atoms with Gasteiger partial charge in [0.05, 0.1) is 11.7 Å². The summed E-state index contributed by atoms with van der Waals surface area (Å²) < 4.78 is 1.91. The molecule has 3 rings (SSSR count). The molecule has 2 atom stereocenters. The lowest BCUT2D eigenvalue weighted by Gasteiger charge is -2.32. The Kier molecular flexibility index (Phi) is 4.39. The van der Waals surface area contributed by atoms with Crippen molar-refractivity contribution < 1.29 is 0 Å². The molecule has 1 aliphatic carbocycles. The minimum absolute atomic E-state index is 0.326. The lowest BCUT2D eigenvalue weighted by atomic mass is 9.78. The zero-order valence-electron chi connectivity index (χ0n) is 13.0. The van der Waals surface area contributed by atoms with Gasteiger partial charge in [-0.1, -0.05) is 31.2 Å². The maximum Gasteiger partial charge on any atom is 0.0800 e. The minimum Gasteiger partial charge on any atom is -0.308 e. The monoisotopic (exact) mass is 283 g/mol. The SMILES string of the molecule is CCCNC(c1ccn(C)n1)C1CCCc2ccccc21. The molecular formula is C18H25N3. The van der Waals surface area contributed by atoms with Gasteiger partial charge in [0.15, 0.2) is 0 Å². The molecule has 21 heavy (non-hydrogen) atoms. The van der Waals surface area contributed by atoms with Crippen LogP contribution in [0, 0.1) is 0 Å². The average Bonchev–Trinajstić information content (AvgIpc) is 2.94. The highest BCUT2D eigenvalue weighted by Crippen LogP contribution is 2.39. The van der Waals surface area contributed by atoms with Gasteiger partial charge in [-0.2, -0.15) is 5.10 Å². The predicted molar refractivity (Wildman–Crippen MR) is 86.4 cm³/mol. The fourth-order valence-electron chi connectivity index (χ4n) is 3.49. The summed E-state index contributed by atoms with van der Waals surface area (Å²) >= 11 is 0. The average molecular weight is 283 g/mol. The predicted octanol–water partition coefficient (Wildman–Crippen LogP) is 3.58. The molecule has 1 heterocycles. The highest BCUT2D eigenvalue weighted by atomic mass is 15.3. The summed E-state index contributed by atoms with van der Waals surface area (Å²) in [6, 6.07) is 11.4. The van der Waals surface area contributed by atoms with E-state index in [-0.39, 0.29) is 0 Å². The van der Waals surface area contributed by atoms with Crippen molar-refractivity contribution in [2.24, 2.45) is 7.05 Å². The Hall–Kier alpha value is -1.61. The van der Waals surface area contributed by atoms with Gasteiger partial charge in [0.1, 0.15) is 0 Å². The van der Waals surface area contributed by atoms with E-state index in [1.54, 1.807) is 0 Å². The van der Waals surface area contributed by atoms with Gasteiger partial charge in [0.25, 0.3) is 0 Å². The fourth-order valence-corrected chi connectivity index (χ4v) is 3.49. The Morgan fingerprint density at radius 2 is 2.19 bits per heavy atom. The molecular weight excluding hydrogens is 258 g/mol. The summed E-state index contributed by atoms with van der Waals surface area (Å²) in [6.45, 7) is 3.26. The second kappa shape index (κ2) is 6.44. The van der Waals surface area contributed by atoms with Crippen LogP contribution in [0.4, 0.5) is 0 Å². The summed E-state index contributed by atoms with van der Waals surface area (Å²) in [5, 5.41) is 8.40. The van der Waals surface area contributed by atoms with Crippen molar-refractivity contribution in [1.82, 2.24) is 15.1 Å². The molecule has 2 unspecified atom stereocenters. The Bertz CT molecular complexity index is 588. The molecule has 1 aromatic carbocycles. The van der Waals surface area contributed by atoms with Crippen LogP contribution in [0.25, 0.3) is 0 Å². The molecule has 3 nitrogen and oxygen atoms in total. The molecule has 1 aliphatic rings. The van der Waals surface area contributed by atoms with Crippen molar-refractivity contribution in [2.45, 2.75) is 44.6 Å². The molecule has 0 bridgehead atoms. The van der Waals surface area contributed by atoms with Crippen LogP contribution in [0.15, 0.2) is 36.5 Å². The molecule has 1 aromatic heterocycles. The van der Waals surface area contributed by atoms with Crippen molar-refractivity contribution in [3.8, 4) is 0 Å². The van der Waals surface area contributed by atoms with Gasteiger partial charge < -0.3 is 5.32 Å². The van der Waals surface area contributed by atoms with Gasteiger partial charge in [-0.3, -0.25) is 4.68 Å². The van der Waals surface area contributed by atoms with E-state index in [1.165, 1.54) is 36.1 Å². The highest BCUT2D eigenvalue weighted by molar-refractivity contribution is 5.35. The smallest absolute Gasteiger partial charge is 0.0800 e. The summed E-state index contributed by atoms with van der Waals surface area (Å²) in [5.41, 5.74) is 4.21. The number of benzene rings is 1. The van der Waals surface area contributed by atoms with E-state index in [0.717, 1.165) is 13.0 Å². The quantitative estimate of drug-likeness (QED) is 0.909. The standard InChI is InChI=1S/C18H25N3/c1-3-12-19-18(17-11-13-21(2)20-17)16-10-6-8-14-7-4-5-9-15(14)16/h4-5,7,9,11,13,16,18-19H,3,6,8,10,12H2,1-2H3. The molecule has 0 amide bonds. The molecule has 0 saturated carbocycles. The lowest BCUT2D eigenvalue weighted by Crippen LogP contribution is -2.30. The first kappa shape index (κ1) is 14.3. The molecule has 0 fully saturated rings. The zero-order valence-corrected chi connectivity index (χ0v) is 13.0. The number of nitrogens with zero attached hydrogens (tertiary/aromatic N) is 2. The maximum absolute atomic E-state index is 4.67. The van der Waals surface area contributed by atoms with Crippen molar-refractivity contribution in [3.05, 3.63) is 53.3 Å². The first-order chi connectivity index (χ1) is 10.3. The first-order valence-corrected chi connectivity index (χ1v) is 8.10. The van der Waals surface area contributed by atoms with Crippen LogP contribution in [0.5, 0.6) is 0 Å². The number of rotatable bonds is 5. The van der Waals surface area contributed by atoms with Gasteiger partial charge >= 0.3 is 0 Å². The van der Waals surface area contributed by atoms with Crippen LogP contribution in [0.3, 0.4) is 0 Å². The second-order valence-electron chi connectivity index (χ2n) is 6.04. The number of hydrogen-bond acceptors (Lipinski definition) is 2. The third kappa shape index (κ3) is 3.03. The van der Waals surface area contributed by atoms with E-state index in [1.807, 2.05) is 17.9 Å². The van der Waals surface area contributed by atoms with Crippen LogP contribution in [-0.4, -0.2) is 16.3 Å². The number of nitrogens with one attached hydrogen (secondary N) is 1. The largest absolute Gasteiger partial charge is 0.308 e. The number of aromatic nitrogens is 2. The molecule has 2 aromatic rings. The summed E-state index contributed by atoms with van der Waals surface area (Å²) in [6.07, 6.45) is 6.94. The van der Waals surface area contributed by atoms with Crippen LogP contribution in [0.1, 0.15) is 55.0 Å². The normalized spacial score (nSPS) is 19.2. The van der Waals surface area contributed by atoms with Crippen molar-refractivity contribution in [3.63, 3.8) is 0 Å². The lowest BCUT2D eigenvalue weighted by molar-refractivity contribution is 0.392.